The molecule has 1 unspecified atom stereocenters. The summed E-state index contributed by atoms with van der Waals surface area (Å²) in [4.78, 5) is 30.6. The van der Waals surface area contributed by atoms with Crippen molar-refractivity contribution in [3.8, 4) is 16.8 Å². The molecule has 156 valence electrons. The van der Waals surface area contributed by atoms with Gasteiger partial charge in [0.2, 0.25) is 0 Å². The predicted octanol–water partition coefficient (Wildman–Crippen LogP) is 2.81. The van der Waals surface area contributed by atoms with Crippen LogP contribution in [0.5, 0.6) is 0 Å². The number of rotatable bonds is 3. The van der Waals surface area contributed by atoms with Crippen molar-refractivity contribution in [3.05, 3.63) is 46.7 Å². The number of alkyl halides is 1. The molecule has 2 aliphatic rings. The lowest BCUT2D eigenvalue weighted by Crippen LogP contribution is -2.37. The van der Waals surface area contributed by atoms with Crippen LogP contribution in [0.3, 0.4) is 0 Å². The molecule has 2 aliphatic heterocycles. The summed E-state index contributed by atoms with van der Waals surface area (Å²) in [5.74, 6) is 0.431. The molecular weight excluding hydrogens is 417 g/mol. The van der Waals surface area contributed by atoms with Crippen molar-refractivity contribution in [3.63, 3.8) is 0 Å². The molecule has 0 radical (unpaired) electrons. The van der Waals surface area contributed by atoms with Gasteiger partial charge in [-0.15, -0.1) is 11.3 Å². The number of halogens is 1. The number of benzene rings is 1. The van der Waals surface area contributed by atoms with Crippen LogP contribution in [0.15, 0.2) is 30.6 Å². The van der Waals surface area contributed by atoms with E-state index in [2.05, 4.69) is 21.0 Å². The number of carbonyl (C=O) groups excluding carboxylic acids is 1. The molecule has 1 aromatic carbocycles. The number of carbonyl (C=O) groups is 1. The fourth-order valence-electron chi connectivity index (χ4n) is 3.89. The zero-order chi connectivity index (χ0) is 21.5. The van der Waals surface area contributed by atoms with Gasteiger partial charge in [0.05, 0.1) is 41.6 Å². The molecule has 1 saturated heterocycles. The summed E-state index contributed by atoms with van der Waals surface area (Å²) in [6.07, 6.45) is 3.46. The molecule has 2 N–H and O–H groups in total. The van der Waals surface area contributed by atoms with Gasteiger partial charge in [-0.05, 0) is 18.6 Å². The quantitative estimate of drug-likeness (QED) is 0.630. The van der Waals surface area contributed by atoms with E-state index in [0.717, 1.165) is 0 Å². The van der Waals surface area contributed by atoms with Crippen molar-refractivity contribution < 1.29 is 9.18 Å². The largest absolute Gasteiger partial charge is 0.398 e. The first-order valence-electron chi connectivity index (χ1n) is 9.86. The van der Waals surface area contributed by atoms with Crippen LogP contribution in [0.2, 0.25) is 0 Å². The Morgan fingerprint density at radius 1 is 1.26 bits per heavy atom. The highest BCUT2D eigenvalue weighted by Gasteiger charge is 2.31. The number of nitrogen functional groups attached to an aromatic ring is 1. The first-order chi connectivity index (χ1) is 15.0. The van der Waals surface area contributed by atoms with Crippen LogP contribution in [-0.2, 0) is 6.42 Å². The first kappa shape index (κ1) is 19.4. The SMILES string of the molecule is N#Cc1c(N)cccc1N1CCc2nc(-c3cnc(N4CCC(F)C4)cn3)sc2C1=O. The Hall–Kier alpha value is -3.58. The average Bonchev–Trinajstić information content (AvgIpc) is 3.41. The van der Waals surface area contributed by atoms with Crippen LogP contribution >= 0.6 is 11.3 Å². The fraction of sp³-hybridized carbons (Fsp3) is 0.286. The Morgan fingerprint density at radius 2 is 2.13 bits per heavy atom. The summed E-state index contributed by atoms with van der Waals surface area (Å²) in [5.41, 5.74) is 8.35. The number of nitrogens with zero attached hydrogens (tertiary/aromatic N) is 6. The van der Waals surface area contributed by atoms with E-state index in [1.54, 1.807) is 35.5 Å². The molecule has 1 atom stereocenters. The second-order valence-electron chi connectivity index (χ2n) is 7.45. The normalized spacial score (nSPS) is 18.2. The minimum atomic E-state index is -0.831. The van der Waals surface area contributed by atoms with Crippen LogP contribution in [0.1, 0.15) is 27.3 Å². The third-order valence-corrected chi connectivity index (χ3v) is 6.61. The van der Waals surface area contributed by atoms with Crippen LogP contribution < -0.4 is 15.5 Å². The Kier molecular flexibility index (Phi) is 4.75. The third kappa shape index (κ3) is 3.37. The molecule has 0 aliphatic carbocycles. The summed E-state index contributed by atoms with van der Waals surface area (Å²) >= 11 is 1.26. The van der Waals surface area contributed by atoms with Crippen LogP contribution in [0.25, 0.3) is 10.7 Å². The van der Waals surface area contributed by atoms with Crippen molar-refractivity contribution in [2.45, 2.75) is 19.0 Å². The number of thiazole rings is 1. The molecule has 0 spiro atoms. The minimum Gasteiger partial charge on any atom is -0.398 e. The molecule has 8 nitrogen and oxygen atoms in total. The number of nitrogens with two attached hydrogens (primary N) is 1. The molecular formula is C21H18FN7OS. The first-order valence-corrected chi connectivity index (χ1v) is 10.7. The summed E-state index contributed by atoms with van der Waals surface area (Å²) in [6, 6.07) is 7.19. The number of fused-ring (bicyclic) bond motifs is 1. The number of hydrogen-bond acceptors (Lipinski definition) is 8. The predicted molar refractivity (Wildman–Crippen MR) is 116 cm³/mol. The van der Waals surface area contributed by atoms with Crippen LogP contribution in [-0.4, -0.2) is 46.7 Å². The van der Waals surface area contributed by atoms with Gasteiger partial charge in [-0.3, -0.25) is 4.79 Å². The maximum atomic E-state index is 13.4. The molecule has 2 aromatic heterocycles. The highest BCUT2D eigenvalue weighted by Crippen LogP contribution is 2.34. The molecule has 3 aromatic rings. The Bertz CT molecular complexity index is 1200. The second-order valence-corrected chi connectivity index (χ2v) is 8.45. The molecule has 0 saturated carbocycles. The molecule has 1 fully saturated rings. The third-order valence-electron chi connectivity index (χ3n) is 5.50. The number of anilines is 3. The highest BCUT2D eigenvalue weighted by molar-refractivity contribution is 7.17. The average molecular weight is 435 g/mol. The number of hydrogen-bond donors (Lipinski definition) is 1. The highest BCUT2D eigenvalue weighted by atomic mass is 32.1. The zero-order valence-corrected chi connectivity index (χ0v) is 17.3. The monoisotopic (exact) mass is 435 g/mol. The van der Waals surface area contributed by atoms with Crippen LogP contribution in [0, 0.1) is 11.3 Å². The second kappa shape index (κ2) is 7.59. The maximum Gasteiger partial charge on any atom is 0.270 e. The van der Waals surface area contributed by atoms with Crippen molar-refractivity contribution in [2.24, 2.45) is 0 Å². The summed E-state index contributed by atoms with van der Waals surface area (Å²) in [6.45, 7) is 1.37. The van der Waals surface area contributed by atoms with Gasteiger partial charge in [-0.25, -0.2) is 19.3 Å². The molecule has 4 heterocycles. The van der Waals surface area contributed by atoms with Gasteiger partial charge in [0, 0.05) is 19.5 Å². The Labute approximate surface area is 181 Å². The van der Waals surface area contributed by atoms with Crippen molar-refractivity contribution in [1.82, 2.24) is 15.0 Å². The van der Waals surface area contributed by atoms with E-state index < -0.39 is 6.17 Å². The summed E-state index contributed by atoms with van der Waals surface area (Å²) in [5, 5.41) is 10.1. The van der Waals surface area contributed by atoms with E-state index >= 15 is 0 Å². The van der Waals surface area contributed by atoms with E-state index in [9.17, 15) is 14.4 Å². The van der Waals surface area contributed by atoms with Gasteiger partial charge in [0.15, 0.2) is 0 Å². The lowest BCUT2D eigenvalue weighted by atomic mass is 10.1. The van der Waals surface area contributed by atoms with E-state index in [1.165, 1.54) is 11.3 Å². The number of aromatic nitrogens is 3. The minimum absolute atomic E-state index is 0.206. The number of nitriles is 1. The smallest absolute Gasteiger partial charge is 0.270 e. The van der Waals surface area contributed by atoms with Gasteiger partial charge >= 0.3 is 0 Å². The lowest BCUT2D eigenvalue weighted by Gasteiger charge is -2.27. The molecule has 10 heteroatoms. The van der Waals surface area contributed by atoms with E-state index in [0.29, 0.717) is 76.5 Å². The van der Waals surface area contributed by atoms with Gasteiger partial charge in [0.25, 0.3) is 5.91 Å². The van der Waals surface area contributed by atoms with E-state index in [4.69, 9.17) is 5.73 Å². The van der Waals surface area contributed by atoms with Gasteiger partial charge in [0.1, 0.15) is 33.6 Å². The van der Waals surface area contributed by atoms with Gasteiger partial charge < -0.3 is 15.5 Å². The van der Waals surface area contributed by atoms with Crippen molar-refractivity contribution in [1.29, 1.82) is 5.26 Å². The molecule has 31 heavy (non-hydrogen) atoms. The van der Waals surface area contributed by atoms with Crippen molar-refractivity contribution >= 4 is 34.4 Å². The Balaban J connectivity index is 1.42. The standard InChI is InChI=1S/C21H18FN7OS/c22-12-4-6-28(11-12)18-10-25-16(9-26-18)20-27-15-5-7-29(21(30)19(15)31-20)17-3-1-2-14(24)13(17)8-23/h1-3,9-10,12H,4-7,11,24H2. The lowest BCUT2D eigenvalue weighted by molar-refractivity contribution is 0.0984. The molecule has 1 amide bonds. The summed E-state index contributed by atoms with van der Waals surface area (Å²) < 4.78 is 13.4. The number of amides is 1. The fourth-order valence-corrected chi connectivity index (χ4v) is 4.92. The van der Waals surface area contributed by atoms with E-state index in [1.807, 2.05) is 4.90 Å². The topological polar surface area (TPSA) is 112 Å². The molecule has 5 rings (SSSR count). The van der Waals surface area contributed by atoms with Crippen molar-refractivity contribution in [2.75, 3.05) is 35.2 Å². The Morgan fingerprint density at radius 3 is 2.84 bits per heavy atom. The maximum absolute atomic E-state index is 13.4. The van der Waals surface area contributed by atoms with Crippen LogP contribution in [0.4, 0.5) is 21.6 Å². The molecule has 0 bridgehead atoms. The van der Waals surface area contributed by atoms with E-state index in [-0.39, 0.29) is 5.91 Å². The van der Waals surface area contributed by atoms with Gasteiger partial charge in [-0.1, -0.05) is 6.07 Å². The zero-order valence-electron chi connectivity index (χ0n) is 16.5. The van der Waals surface area contributed by atoms with Gasteiger partial charge in [-0.2, -0.15) is 5.26 Å². The summed E-state index contributed by atoms with van der Waals surface area (Å²) in [7, 11) is 0.